The van der Waals surface area contributed by atoms with Crippen molar-refractivity contribution in [2.75, 3.05) is 6.61 Å². The minimum Gasteiger partial charge on any atom is -0.471 e. The molecule has 1 heterocycles. The molecule has 0 spiro atoms. The van der Waals surface area contributed by atoms with Crippen molar-refractivity contribution in [3.8, 4) is 5.88 Å². The van der Waals surface area contributed by atoms with Crippen LogP contribution in [0.3, 0.4) is 0 Å². The van der Waals surface area contributed by atoms with E-state index in [0.29, 0.717) is 24.8 Å². The smallest absolute Gasteiger partial charge is 0.251 e. The van der Waals surface area contributed by atoms with Crippen molar-refractivity contribution in [3.63, 3.8) is 0 Å². The molecule has 0 aliphatic carbocycles. The van der Waals surface area contributed by atoms with E-state index in [1.807, 2.05) is 26.8 Å². The van der Waals surface area contributed by atoms with Crippen molar-refractivity contribution in [1.29, 1.82) is 0 Å². The molecule has 0 atom stereocenters. The molecular weight excluding hydrogens is 219 g/mol. The van der Waals surface area contributed by atoms with E-state index in [9.17, 15) is 4.39 Å². The molecule has 0 bridgehead atoms. The van der Waals surface area contributed by atoms with E-state index >= 15 is 0 Å². The Morgan fingerprint density at radius 3 is 2.94 bits per heavy atom. The summed E-state index contributed by atoms with van der Waals surface area (Å²) in [5.41, 5.74) is 0.573. The third kappa shape index (κ3) is 4.53. The fourth-order valence-electron chi connectivity index (χ4n) is 1.24. The van der Waals surface area contributed by atoms with Crippen LogP contribution in [0, 0.1) is 5.82 Å². The first-order chi connectivity index (χ1) is 8.15. The number of halogens is 1. The van der Waals surface area contributed by atoms with Crippen molar-refractivity contribution in [1.82, 2.24) is 10.3 Å². The lowest BCUT2D eigenvalue weighted by Crippen LogP contribution is -2.22. The summed E-state index contributed by atoms with van der Waals surface area (Å²) < 4.78 is 19.1. The third-order valence-corrected chi connectivity index (χ3v) is 2.19. The lowest BCUT2D eigenvalue weighted by molar-refractivity contribution is 0.324. The highest BCUT2D eigenvalue weighted by Gasteiger charge is 2.10. The second-order valence-corrected chi connectivity index (χ2v) is 4.00. The number of nitrogens with one attached hydrogen (secondary N) is 1. The van der Waals surface area contributed by atoms with Gasteiger partial charge in [-0.15, -0.1) is 0 Å². The monoisotopic (exact) mass is 238 g/mol. The lowest BCUT2D eigenvalue weighted by atomic mass is 10.2. The van der Waals surface area contributed by atoms with E-state index < -0.39 is 0 Å². The van der Waals surface area contributed by atoms with Gasteiger partial charge in [0, 0.05) is 24.3 Å². The van der Waals surface area contributed by atoms with E-state index in [1.54, 1.807) is 18.3 Å². The maximum absolute atomic E-state index is 13.9. The molecule has 0 aliphatic rings. The Bertz CT molecular complexity index is 378. The standard InChI is InChI=1S/C13H19FN2O/c1-4-5-8-17-13-12(14)11(6-7-15-13)9-16-10(2)3/h4-7,10,16H,8-9H2,1-3H3/b5-4+. The van der Waals surface area contributed by atoms with E-state index in [4.69, 9.17) is 4.74 Å². The minimum atomic E-state index is -0.384. The molecule has 1 rings (SSSR count). The molecule has 1 N–H and O–H groups in total. The van der Waals surface area contributed by atoms with Gasteiger partial charge in [-0.05, 0) is 13.0 Å². The minimum absolute atomic E-state index is 0.0613. The van der Waals surface area contributed by atoms with Crippen LogP contribution in [0.5, 0.6) is 5.88 Å². The number of allylic oxidation sites excluding steroid dienone is 1. The number of aromatic nitrogens is 1. The van der Waals surface area contributed by atoms with Gasteiger partial charge in [-0.2, -0.15) is 0 Å². The number of hydrogen-bond acceptors (Lipinski definition) is 3. The third-order valence-electron chi connectivity index (χ3n) is 2.19. The van der Waals surface area contributed by atoms with Gasteiger partial charge in [-0.1, -0.05) is 26.0 Å². The summed E-state index contributed by atoms with van der Waals surface area (Å²) in [6, 6.07) is 1.97. The molecule has 0 unspecified atom stereocenters. The van der Waals surface area contributed by atoms with E-state index in [0.717, 1.165) is 0 Å². The topological polar surface area (TPSA) is 34.1 Å². The summed E-state index contributed by atoms with van der Waals surface area (Å²) in [4.78, 5) is 3.88. The van der Waals surface area contributed by atoms with Crippen LogP contribution in [0.25, 0.3) is 0 Å². The Morgan fingerprint density at radius 1 is 1.53 bits per heavy atom. The SMILES string of the molecule is C/C=C/COc1nccc(CNC(C)C)c1F. The zero-order chi connectivity index (χ0) is 12.7. The van der Waals surface area contributed by atoms with Crippen LogP contribution in [-0.2, 0) is 6.54 Å². The normalized spacial score (nSPS) is 11.4. The van der Waals surface area contributed by atoms with Crippen LogP contribution in [-0.4, -0.2) is 17.6 Å². The molecule has 94 valence electrons. The maximum atomic E-state index is 13.9. The first kappa shape index (κ1) is 13.6. The molecule has 0 saturated heterocycles. The molecule has 0 aromatic carbocycles. The molecule has 0 amide bonds. The van der Waals surface area contributed by atoms with Crippen LogP contribution in [0.2, 0.25) is 0 Å². The number of pyridine rings is 1. The van der Waals surface area contributed by atoms with Crippen LogP contribution < -0.4 is 10.1 Å². The molecule has 0 saturated carbocycles. The molecule has 0 radical (unpaired) electrons. The largest absolute Gasteiger partial charge is 0.471 e. The fourth-order valence-corrected chi connectivity index (χ4v) is 1.24. The Balaban J connectivity index is 2.69. The maximum Gasteiger partial charge on any atom is 0.251 e. The van der Waals surface area contributed by atoms with Gasteiger partial charge in [0.1, 0.15) is 6.61 Å². The molecule has 0 fully saturated rings. The van der Waals surface area contributed by atoms with Gasteiger partial charge in [-0.3, -0.25) is 0 Å². The quantitative estimate of drug-likeness (QED) is 0.774. The highest BCUT2D eigenvalue weighted by Crippen LogP contribution is 2.17. The zero-order valence-corrected chi connectivity index (χ0v) is 10.5. The van der Waals surface area contributed by atoms with Crippen molar-refractivity contribution in [3.05, 3.63) is 35.8 Å². The first-order valence-electron chi connectivity index (χ1n) is 5.76. The Labute approximate surface area is 102 Å². The predicted octanol–water partition coefficient (Wildman–Crippen LogP) is 2.67. The average molecular weight is 238 g/mol. The Kier molecular flexibility index (Phi) is 5.63. The van der Waals surface area contributed by atoms with E-state index in [1.165, 1.54) is 0 Å². The van der Waals surface area contributed by atoms with Crippen LogP contribution in [0.15, 0.2) is 24.4 Å². The molecule has 0 aliphatic heterocycles. The van der Waals surface area contributed by atoms with Crippen molar-refractivity contribution in [2.45, 2.75) is 33.4 Å². The first-order valence-corrected chi connectivity index (χ1v) is 5.76. The van der Waals surface area contributed by atoms with E-state index in [2.05, 4.69) is 10.3 Å². The summed E-state index contributed by atoms with van der Waals surface area (Å²) >= 11 is 0. The molecule has 3 nitrogen and oxygen atoms in total. The van der Waals surface area contributed by atoms with Crippen LogP contribution in [0.1, 0.15) is 26.3 Å². The van der Waals surface area contributed by atoms with Crippen LogP contribution in [0.4, 0.5) is 4.39 Å². The van der Waals surface area contributed by atoms with Gasteiger partial charge in [0.25, 0.3) is 5.88 Å². The summed E-state index contributed by atoms with van der Waals surface area (Å²) in [5, 5.41) is 3.16. The summed E-state index contributed by atoms with van der Waals surface area (Å²) in [5.74, 6) is -0.323. The van der Waals surface area contributed by atoms with Crippen LogP contribution >= 0.6 is 0 Å². The predicted molar refractivity (Wildman–Crippen MR) is 66.5 cm³/mol. The lowest BCUT2D eigenvalue weighted by Gasteiger charge is -2.10. The number of hydrogen-bond donors (Lipinski definition) is 1. The van der Waals surface area contributed by atoms with Gasteiger partial charge >= 0.3 is 0 Å². The fraction of sp³-hybridized carbons (Fsp3) is 0.462. The number of rotatable bonds is 6. The Hall–Kier alpha value is -1.42. The number of nitrogens with zero attached hydrogens (tertiary/aromatic N) is 1. The molecule has 4 heteroatoms. The van der Waals surface area contributed by atoms with Gasteiger partial charge in [-0.25, -0.2) is 9.37 Å². The van der Waals surface area contributed by atoms with Gasteiger partial charge < -0.3 is 10.1 Å². The summed E-state index contributed by atoms with van der Waals surface area (Å²) in [6.45, 7) is 6.73. The highest BCUT2D eigenvalue weighted by molar-refractivity contribution is 5.23. The van der Waals surface area contributed by atoms with Gasteiger partial charge in [0.15, 0.2) is 5.82 Å². The number of ether oxygens (including phenoxy) is 1. The average Bonchev–Trinajstić information content (AvgIpc) is 2.30. The second-order valence-electron chi connectivity index (χ2n) is 4.00. The highest BCUT2D eigenvalue weighted by atomic mass is 19.1. The van der Waals surface area contributed by atoms with Crippen molar-refractivity contribution in [2.24, 2.45) is 0 Å². The molecular formula is C13H19FN2O. The Morgan fingerprint density at radius 2 is 2.29 bits per heavy atom. The molecule has 1 aromatic rings. The zero-order valence-electron chi connectivity index (χ0n) is 10.5. The second kappa shape index (κ2) is 7.01. The molecule has 17 heavy (non-hydrogen) atoms. The van der Waals surface area contributed by atoms with Crippen molar-refractivity contribution < 1.29 is 9.13 Å². The summed E-state index contributed by atoms with van der Waals surface area (Å²) in [7, 11) is 0. The van der Waals surface area contributed by atoms with Gasteiger partial charge in [0.2, 0.25) is 0 Å². The van der Waals surface area contributed by atoms with Crippen molar-refractivity contribution >= 4 is 0 Å². The van der Waals surface area contributed by atoms with Gasteiger partial charge in [0.05, 0.1) is 0 Å². The summed E-state index contributed by atoms with van der Waals surface area (Å²) in [6.07, 6.45) is 5.22. The van der Waals surface area contributed by atoms with E-state index in [-0.39, 0.29) is 11.7 Å². The molecule has 1 aromatic heterocycles.